The van der Waals surface area contributed by atoms with Gasteiger partial charge in [-0.25, -0.2) is 4.79 Å². The van der Waals surface area contributed by atoms with E-state index in [-0.39, 0.29) is 6.09 Å². The van der Waals surface area contributed by atoms with Crippen LogP contribution in [0.15, 0.2) is 0 Å². The summed E-state index contributed by atoms with van der Waals surface area (Å²) < 4.78 is 10.5. The van der Waals surface area contributed by atoms with Crippen LogP contribution in [-0.2, 0) is 9.16 Å². The molecule has 1 saturated heterocycles. The van der Waals surface area contributed by atoms with Crippen molar-refractivity contribution in [3.63, 3.8) is 0 Å². The van der Waals surface area contributed by atoms with E-state index in [4.69, 9.17) is 9.16 Å². The van der Waals surface area contributed by atoms with Crippen LogP contribution in [0.1, 0.15) is 0 Å². The van der Waals surface area contributed by atoms with Gasteiger partial charge in [-0.05, 0) is 19.6 Å². The predicted octanol–water partition coefficient (Wildman–Crippen LogP) is 1.29. The fourth-order valence-corrected chi connectivity index (χ4v) is 1.73. The summed E-state index contributed by atoms with van der Waals surface area (Å²) in [7, 11) is -1.74. The lowest BCUT2D eigenvalue weighted by atomic mass is 10.5. The van der Waals surface area contributed by atoms with Crippen LogP contribution in [-0.4, -0.2) is 45.6 Å². The zero-order valence-electron chi connectivity index (χ0n) is 8.50. The standard InChI is InChI=1S/C8H17NO3Si/c1-13(2,3)12-8(10)9-4-6-11-7-5-9/h4-7H2,1-3H3. The van der Waals surface area contributed by atoms with Crippen LogP contribution in [0.3, 0.4) is 0 Å². The first-order valence-electron chi connectivity index (χ1n) is 4.55. The van der Waals surface area contributed by atoms with E-state index in [1.165, 1.54) is 0 Å². The number of morpholine rings is 1. The fraction of sp³-hybridized carbons (Fsp3) is 0.875. The summed E-state index contributed by atoms with van der Waals surface area (Å²) in [4.78, 5) is 13.2. The Bertz CT molecular complexity index is 184. The molecular formula is C8H17NO3Si. The molecule has 0 spiro atoms. The van der Waals surface area contributed by atoms with Gasteiger partial charge in [-0.3, -0.25) is 0 Å². The molecule has 1 heterocycles. The molecule has 0 aromatic rings. The summed E-state index contributed by atoms with van der Waals surface area (Å²) in [5, 5.41) is 0. The summed E-state index contributed by atoms with van der Waals surface area (Å²) in [5.74, 6) is 0. The highest BCUT2D eigenvalue weighted by molar-refractivity contribution is 6.71. The highest BCUT2D eigenvalue weighted by atomic mass is 28.4. The van der Waals surface area contributed by atoms with Crippen LogP contribution in [0.25, 0.3) is 0 Å². The molecule has 1 aliphatic rings. The molecule has 0 aliphatic carbocycles. The maximum Gasteiger partial charge on any atom is 0.396 e. The van der Waals surface area contributed by atoms with Gasteiger partial charge in [0.15, 0.2) is 0 Å². The van der Waals surface area contributed by atoms with Crippen LogP contribution < -0.4 is 0 Å². The minimum absolute atomic E-state index is 0.178. The zero-order valence-corrected chi connectivity index (χ0v) is 9.50. The third-order valence-corrected chi connectivity index (χ3v) is 2.45. The molecule has 0 radical (unpaired) electrons. The smallest absolute Gasteiger partial charge is 0.396 e. The third kappa shape index (κ3) is 3.78. The number of nitrogens with zero attached hydrogens (tertiary/aromatic N) is 1. The molecule has 13 heavy (non-hydrogen) atoms. The van der Waals surface area contributed by atoms with Gasteiger partial charge in [0.1, 0.15) is 0 Å². The van der Waals surface area contributed by atoms with Crippen LogP contribution in [0.4, 0.5) is 4.79 Å². The highest BCUT2D eigenvalue weighted by Gasteiger charge is 2.25. The van der Waals surface area contributed by atoms with Crippen LogP contribution in [0.5, 0.6) is 0 Å². The van der Waals surface area contributed by atoms with Crippen LogP contribution >= 0.6 is 0 Å². The normalized spacial score (nSPS) is 18.5. The van der Waals surface area contributed by atoms with Gasteiger partial charge in [0, 0.05) is 13.1 Å². The Labute approximate surface area is 79.9 Å². The van der Waals surface area contributed by atoms with Gasteiger partial charge in [-0.1, -0.05) is 0 Å². The number of amides is 1. The molecule has 0 bridgehead atoms. The molecule has 0 saturated carbocycles. The molecule has 0 aromatic heterocycles. The first-order chi connectivity index (χ1) is 5.99. The Morgan fingerprint density at radius 2 is 1.85 bits per heavy atom. The van der Waals surface area contributed by atoms with E-state index >= 15 is 0 Å². The van der Waals surface area contributed by atoms with Gasteiger partial charge in [-0.2, -0.15) is 0 Å². The number of hydrogen-bond acceptors (Lipinski definition) is 3. The van der Waals surface area contributed by atoms with Gasteiger partial charge in [0.2, 0.25) is 8.32 Å². The Hall–Kier alpha value is -0.553. The fourth-order valence-electron chi connectivity index (χ4n) is 1.07. The van der Waals surface area contributed by atoms with Crippen molar-refractivity contribution in [2.75, 3.05) is 26.3 Å². The number of ether oxygens (including phenoxy) is 1. The van der Waals surface area contributed by atoms with E-state index in [2.05, 4.69) is 0 Å². The summed E-state index contributed by atoms with van der Waals surface area (Å²) in [6.45, 7) is 8.58. The zero-order chi connectivity index (χ0) is 9.90. The maximum absolute atomic E-state index is 11.5. The van der Waals surface area contributed by atoms with Crippen molar-refractivity contribution >= 4 is 14.4 Å². The van der Waals surface area contributed by atoms with Gasteiger partial charge in [0.05, 0.1) is 13.2 Å². The van der Waals surface area contributed by atoms with Crippen molar-refractivity contribution in [1.29, 1.82) is 0 Å². The average Bonchev–Trinajstić information content (AvgIpc) is 2.03. The average molecular weight is 203 g/mol. The van der Waals surface area contributed by atoms with Crippen molar-refractivity contribution in [2.24, 2.45) is 0 Å². The molecule has 1 rings (SSSR count). The monoisotopic (exact) mass is 203 g/mol. The molecule has 0 atom stereocenters. The molecule has 0 N–H and O–H groups in total. The molecule has 0 unspecified atom stereocenters. The lowest BCUT2D eigenvalue weighted by Crippen LogP contribution is -2.44. The van der Waals surface area contributed by atoms with E-state index < -0.39 is 8.32 Å². The second-order valence-electron chi connectivity index (χ2n) is 4.08. The summed E-state index contributed by atoms with van der Waals surface area (Å²) >= 11 is 0. The molecular weight excluding hydrogens is 186 g/mol. The van der Waals surface area contributed by atoms with Crippen molar-refractivity contribution in [2.45, 2.75) is 19.6 Å². The lowest BCUT2D eigenvalue weighted by molar-refractivity contribution is 0.0409. The van der Waals surface area contributed by atoms with E-state index in [0.717, 1.165) is 0 Å². The van der Waals surface area contributed by atoms with Gasteiger partial charge in [0.25, 0.3) is 0 Å². The summed E-state index contributed by atoms with van der Waals surface area (Å²) in [5.41, 5.74) is 0. The molecule has 1 aliphatic heterocycles. The largest absolute Gasteiger partial charge is 0.504 e. The van der Waals surface area contributed by atoms with E-state index in [1.807, 2.05) is 19.6 Å². The summed E-state index contributed by atoms with van der Waals surface area (Å²) in [6.07, 6.45) is -0.178. The van der Waals surface area contributed by atoms with Gasteiger partial charge >= 0.3 is 6.09 Å². The lowest BCUT2D eigenvalue weighted by Gasteiger charge is -2.29. The number of carbonyl (C=O) groups excluding carboxylic acids is 1. The Balaban J connectivity index is 2.38. The summed E-state index contributed by atoms with van der Waals surface area (Å²) in [6, 6.07) is 0. The number of rotatable bonds is 1. The maximum atomic E-state index is 11.5. The van der Waals surface area contributed by atoms with Gasteiger partial charge < -0.3 is 14.1 Å². The molecule has 4 nitrogen and oxygen atoms in total. The second kappa shape index (κ2) is 4.10. The first-order valence-corrected chi connectivity index (χ1v) is 7.95. The Morgan fingerprint density at radius 3 is 2.31 bits per heavy atom. The molecule has 1 fully saturated rings. The van der Waals surface area contributed by atoms with Crippen molar-refractivity contribution in [3.8, 4) is 0 Å². The first kappa shape index (κ1) is 10.5. The Kier molecular flexibility index (Phi) is 3.32. The van der Waals surface area contributed by atoms with Crippen molar-refractivity contribution in [1.82, 2.24) is 4.90 Å². The number of carbonyl (C=O) groups is 1. The van der Waals surface area contributed by atoms with E-state index in [1.54, 1.807) is 4.90 Å². The van der Waals surface area contributed by atoms with Crippen LogP contribution in [0.2, 0.25) is 19.6 Å². The van der Waals surface area contributed by atoms with Gasteiger partial charge in [-0.15, -0.1) is 0 Å². The van der Waals surface area contributed by atoms with Crippen molar-refractivity contribution < 1.29 is 14.0 Å². The van der Waals surface area contributed by atoms with Crippen LogP contribution in [0, 0.1) is 0 Å². The molecule has 5 heteroatoms. The SMILES string of the molecule is C[Si](C)(C)OC(=O)N1CCOCC1. The molecule has 0 aromatic carbocycles. The molecule has 76 valence electrons. The minimum atomic E-state index is -1.74. The second-order valence-corrected chi connectivity index (χ2v) is 8.51. The quantitative estimate of drug-likeness (QED) is 0.603. The molecule has 1 amide bonds. The van der Waals surface area contributed by atoms with Crippen molar-refractivity contribution in [3.05, 3.63) is 0 Å². The number of hydrogen-bond donors (Lipinski definition) is 0. The third-order valence-electron chi connectivity index (χ3n) is 1.66. The highest BCUT2D eigenvalue weighted by Crippen LogP contribution is 2.07. The topological polar surface area (TPSA) is 38.8 Å². The van der Waals surface area contributed by atoms with E-state index in [9.17, 15) is 4.79 Å². The minimum Gasteiger partial charge on any atom is -0.504 e. The Morgan fingerprint density at radius 1 is 1.31 bits per heavy atom. The van der Waals surface area contributed by atoms with E-state index in [0.29, 0.717) is 26.3 Å². The predicted molar refractivity (Wildman–Crippen MR) is 52.2 cm³/mol.